The largest absolute Gasteiger partial charge is 0.486 e. The molecule has 116 valence electrons. The first-order valence-corrected chi connectivity index (χ1v) is 7.75. The number of rotatable bonds is 3. The summed E-state index contributed by atoms with van der Waals surface area (Å²) in [6, 6.07) is 4.94. The van der Waals surface area contributed by atoms with E-state index in [0.717, 1.165) is 10.2 Å². The first kappa shape index (κ1) is 14.9. The van der Waals surface area contributed by atoms with Crippen molar-refractivity contribution in [3.8, 4) is 11.5 Å². The lowest BCUT2D eigenvalue weighted by Gasteiger charge is -2.20. The highest BCUT2D eigenvalue weighted by molar-refractivity contribution is 9.10. The van der Waals surface area contributed by atoms with Gasteiger partial charge in [-0.1, -0.05) is 0 Å². The van der Waals surface area contributed by atoms with Crippen molar-refractivity contribution in [2.24, 2.45) is 0 Å². The number of nitrogens with zero attached hydrogens (tertiary/aromatic N) is 2. The summed E-state index contributed by atoms with van der Waals surface area (Å²) in [7, 11) is 0. The summed E-state index contributed by atoms with van der Waals surface area (Å²) in [5.74, 6) is 1.20. The molecule has 0 saturated carbocycles. The third-order valence-electron chi connectivity index (χ3n) is 3.54. The van der Waals surface area contributed by atoms with Gasteiger partial charge in [0.15, 0.2) is 11.5 Å². The van der Waals surface area contributed by atoms with E-state index in [1.54, 1.807) is 36.0 Å². The van der Waals surface area contributed by atoms with Crippen LogP contribution in [0.2, 0.25) is 0 Å². The first-order chi connectivity index (χ1) is 10.6. The Morgan fingerprint density at radius 2 is 2.09 bits per heavy atom. The molecule has 1 aliphatic heterocycles. The summed E-state index contributed by atoms with van der Waals surface area (Å²) < 4.78 is 13.5. The number of aromatic nitrogens is 2. The smallest absolute Gasteiger partial charge is 0.248 e. The third kappa shape index (κ3) is 2.81. The Balaban J connectivity index is 1.75. The summed E-state index contributed by atoms with van der Waals surface area (Å²) in [5, 5.41) is 7.09. The second-order valence-corrected chi connectivity index (χ2v) is 5.90. The van der Waals surface area contributed by atoms with Gasteiger partial charge in [-0.15, -0.1) is 0 Å². The number of nitrogens with one attached hydrogen (secondary N) is 1. The minimum atomic E-state index is -0.417. The monoisotopic (exact) mass is 365 g/mol. The molecule has 0 aliphatic carbocycles. The van der Waals surface area contributed by atoms with Crippen LogP contribution in [-0.2, 0) is 4.79 Å². The molecule has 1 aliphatic rings. The molecule has 0 radical (unpaired) electrons. The summed E-state index contributed by atoms with van der Waals surface area (Å²) in [4.78, 5) is 12.4. The number of hydrogen-bond donors (Lipinski definition) is 1. The van der Waals surface area contributed by atoms with Crippen LogP contribution in [0.1, 0.15) is 18.7 Å². The highest BCUT2D eigenvalue weighted by Crippen LogP contribution is 2.32. The molecule has 1 aromatic heterocycles. The molecular weight excluding hydrogens is 350 g/mol. The Morgan fingerprint density at radius 3 is 2.77 bits per heavy atom. The third-order valence-corrected chi connectivity index (χ3v) is 4.32. The number of benzene rings is 1. The maximum atomic E-state index is 12.4. The molecule has 1 amide bonds. The Morgan fingerprint density at radius 1 is 1.36 bits per heavy atom. The van der Waals surface area contributed by atoms with E-state index in [1.165, 1.54) is 0 Å². The molecule has 1 aromatic carbocycles. The van der Waals surface area contributed by atoms with Crippen molar-refractivity contribution in [1.29, 1.82) is 0 Å². The lowest BCUT2D eigenvalue weighted by atomic mass is 10.2. The fourth-order valence-electron chi connectivity index (χ4n) is 2.27. The number of hydrogen-bond acceptors (Lipinski definition) is 4. The van der Waals surface area contributed by atoms with Gasteiger partial charge in [-0.2, -0.15) is 5.10 Å². The Kier molecular flexibility index (Phi) is 4.06. The zero-order valence-electron chi connectivity index (χ0n) is 12.3. The number of anilines is 1. The molecule has 0 saturated heterocycles. The molecule has 0 bridgehead atoms. The Labute approximate surface area is 136 Å². The molecule has 0 fully saturated rings. The van der Waals surface area contributed by atoms with E-state index in [1.807, 2.05) is 6.92 Å². The normalized spacial score (nSPS) is 14.5. The van der Waals surface area contributed by atoms with E-state index in [9.17, 15) is 4.79 Å². The molecule has 7 heteroatoms. The van der Waals surface area contributed by atoms with Gasteiger partial charge in [-0.05, 0) is 41.9 Å². The zero-order chi connectivity index (χ0) is 15.7. The number of carbonyl (C=O) groups is 1. The van der Waals surface area contributed by atoms with Crippen molar-refractivity contribution in [3.05, 3.63) is 34.6 Å². The second kappa shape index (κ2) is 6.00. The van der Waals surface area contributed by atoms with E-state index in [0.29, 0.717) is 30.4 Å². The van der Waals surface area contributed by atoms with Crippen LogP contribution in [0.15, 0.2) is 28.9 Å². The van der Waals surface area contributed by atoms with Crippen molar-refractivity contribution in [3.63, 3.8) is 0 Å². The molecular formula is C15H16BrN3O3. The summed E-state index contributed by atoms with van der Waals surface area (Å²) in [5.41, 5.74) is 1.58. The number of ether oxygens (including phenoxy) is 2. The molecule has 0 spiro atoms. The minimum Gasteiger partial charge on any atom is -0.486 e. The number of carbonyl (C=O) groups excluding carboxylic acids is 1. The topological polar surface area (TPSA) is 65.4 Å². The summed E-state index contributed by atoms with van der Waals surface area (Å²) >= 11 is 3.40. The Bertz CT molecular complexity index is 714. The van der Waals surface area contributed by atoms with E-state index >= 15 is 0 Å². The SMILES string of the molecule is Cc1c(Br)cnn1[C@H](C)C(=O)Nc1ccc2c(c1)OCCO2. The van der Waals surface area contributed by atoms with Gasteiger partial charge < -0.3 is 14.8 Å². The van der Waals surface area contributed by atoms with E-state index in [4.69, 9.17) is 9.47 Å². The fraction of sp³-hybridized carbons (Fsp3) is 0.333. The molecule has 22 heavy (non-hydrogen) atoms. The molecule has 2 heterocycles. The second-order valence-electron chi connectivity index (χ2n) is 5.05. The molecule has 0 unspecified atom stereocenters. The Hall–Kier alpha value is -2.02. The maximum absolute atomic E-state index is 12.4. The average Bonchev–Trinajstić information content (AvgIpc) is 2.86. The van der Waals surface area contributed by atoms with Gasteiger partial charge in [0.25, 0.3) is 0 Å². The number of amides is 1. The van der Waals surface area contributed by atoms with Crippen LogP contribution in [0, 0.1) is 6.92 Å². The van der Waals surface area contributed by atoms with Gasteiger partial charge in [-0.25, -0.2) is 0 Å². The summed E-state index contributed by atoms with van der Waals surface area (Å²) in [6.45, 7) is 4.77. The predicted octanol–water partition coefficient (Wildman–Crippen LogP) is 2.92. The van der Waals surface area contributed by atoms with Crippen molar-refractivity contribution >= 4 is 27.5 Å². The van der Waals surface area contributed by atoms with Crippen LogP contribution in [0.5, 0.6) is 11.5 Å². The molecule has 1 atom stereocenters. The van der Waals surface area contributed by atoms with Crippen molar-refractivity contribution in [2.75, 3.05) is 18.5 Å². The van der Waals surface area contributed by atoms with Crippen LogP contribution < -0.4 is 14.8 Å². The maximum Gasteiger partial charge on any atom is 0.248 e. The number of halogens is 1. The lowest BCUT2D eigenvalue weighted by Crippen LogP contribution is -2.25. The van der Waals surface area contributed by atoms with Crippen LogP contribution in [0.25, 0.3) is 0 Å². The zero-order valence-corrected chi connectivity index (χ0v) is 13.9. The standard InChI is InChI=1S/C15H16BrN3O3/c1-9-12(16)8-17-19(9)10(2)15(20)18-11-3-4-13-14(7-11)22-6-5-21-13/h3-4,7-8,10H,5-6H2,1-2H3,(H,18,20)/t10-/m1/s1. The van der Waals surface area contributed by atoms with E-state index < -0.39 is 6.04 Å². The molecule has 6 nitrogen and oxygen atoms in total. The predicted molar refractivity (Wildman–Crippen MR) is 85.4 cm³/mol. The van der Waals surface area contributed by atoms with Gasteiger partial charge >= 0.3 is 0 Å². The quantitative estimate of drug-likeness (QED) is 0.907. The average molecular weight is 366 g/mol. The molecule has 1 N–H and O–H groups in total. The highest BCUT2D eigenvalue weighted by Gasteiger charge is 2.19. The van der Waals surface area contributed by atoms with Gasteiger partial charge in [0.1, 0.15) is 19.3 Å². The van der Waals surface area contributed by atoms with Crippen LogP contribution in [0.4, 0.5) is 5.69 Å². The van der Waals surface area contributed by atoms with Crippen LogP contribution in [0.3, 0.4) is 0 Å². The van der Waals surface area contributed by atoms with Crippen molar-refractivity contribution < 1.29 is 14.3 Å². The van der Waals surface area contributed by atoms with Gasteiger partial charge in [-0.3, -0.25) is 9.48 Å². The molecule has 2 aromatic rings. The van der Waals surface area contributed by atoms with Crippen molar-refractivity contribution in [1.82, 2.24) is 9.78 Å². The summed E-state index contributed by atoms with van der Waals surface area (Å²) in [6.07, 6.45) is 1.68. The van der Waals surface area contributed by atoms with Crippen LogP contribution >= 0.6 is 15.9 Å². The lowest BCUT2D eigenvalue weighted by molar-refractivity contribution is -0.119. The highest BCUT2D eigenvalue weighted by atomic mass is 79.9. The van der Waals surface area contributed by atoms with Crippen molar-refractivity contribution in [2.45, 2.75) is 19.9 Å². The first-order valence-electron chi connectivity index (χ1n) is 6.96. The fourth-order valence-corrected chi connectivity index (χ4v) is 2.54. The van der Waals surface area contributed by atoms with E-state index in [2.05, 4.69) is 26.3 Å². The minimum absolute atomic E-state index is 0.143. The molecule has 3 rings (SSSR count). The van der Waals surface area contributed by atoms with Gasteiger partial charge in [0.2, 0.25) is 5.91 Å². The van der Waals surface area contributed by atoms with Gasteiger partial charge in [0, 0.05) is 11.8 Å². The van der Waals surface area contributed by atoms with Gasteiger partial charge in [0.05, 0.1) is 16.4 Å². The van der Waals surface area contributed by atoms with Crippen LogP contribution in [-0.4, -0.2) is 28.9 Å². The number of fused-ring (bicyclic) bond motifs is 1. The van der Waals surface area contributed by atoms with E-state index in [-0.39, 0.29) is 5.91 Å².